The first kappa shape index (κ1) is 14.3. The van der Waals surface area contributed by atoms with E-state index in [-0.39, 0.29) is 11.1 Å². The summed E-state index contributed by atoms with van der Waals surface area (Å²) >= 11 is 0. The van der Waals surface area contributed by atoms with E-state index in [9.17, 15) is 4.79 Å². The van der Waals surface area contributed by atoms with Crippen molar-refractivity contribution in [3.63, 3.8) is 0 Å². The van der Waals surface area contributed by atoms with Crippen molar-refractivity contribution in [1.82, 2.24) is 9.97 Å². The van der Waals surface area contributed by atoms with Crippen LogP contribution in [-0.4, -0.2) is 17.1 Å². The van der Waals surface area contributed by atoms with Crippen molar-refractivity contribution in [3.8, 4) is 5.75 Å². The highest BCUT2D eigenvalue weighted by Gasteiger charge is 2.13. The Labute approximate surface area is 137 Å². The van der Waals surface area contributed by atoms with E-state index in [1.165, 1.54) is 0 Å². The Bertz CT molecular complexity index is 1080. The predicted molar refractivity (Wildman–Crippen MR) is 92.5 cm³/mol. The van der Waals surface area contributed by atoms with Crippen LogP contribution in [0, 0.1) is 0 Å². The molecule has 6 nitrogen and oxygen atoms in total. The van der Waals surface area contributed by atoms with Crippen LogP contribution in [0.2, 0.25) is 0 Å². The zero-order valence-corrected chi connectivity index (χ0v) is 13.0. The Morgan fingerprint density at radius 3 is 2.83 bits per heavy atom. The number of ether oxygens (including phenoxy) is 1. The highest BCUT2D eigenvalue weighted by molar-refractivity contribution is 6.01. The second kappa shape index (κ2) is 5.73. The number of rotatable bonds is 4. The zero-order chi connectivity index (χ0) is 16.5. The van der Waals surface area contributed by atoms with Gasteiger partial charge in [-0.2, -0.15) is 0 Å². The summed E-state index contributed by atoms with van der Waals surface area (Å²) in [5, 5.41) is 4.06. The first-order valence-corrected chi connectivity index (χ1v) is 7.53. The Hall–Kier alpha value is -3.28. The van der Waals surface area contributed by atoms with E-state index >= 15 is 0 Å². The van der Waals surface area contributed by atoms with Crippen molar-refractivity contribution in [3.05, 3.63) is 64.7 Å². The van der Waals surface area contributed by atoms with Gasteiger partial charge in [0.05, 0.1) is 19.3 Å². The monoisotopic (exact) mass is 321 g/mol. The van der Waals surface area contributed by atoms with E-state index in [1.54, 1.807) is 7.11 Å². The standard InChI is InChI=1S/C18H15N3O3/c1-23-14-9-5-3-7-12(14)19-10-15-20-16-11-6-2-4-8-13(11)24-17(16)18(22)21-15/h2-9,19H,10H2,1H3,(H,20,21,22). The molecular formula is C18H15N3O3. The fraction of sp³-hybridized carbons (Fsp3) is 0.111. The van der Waals surface area contributed by atoms with Gasteiger partial charge in [0.1, 0.15) is 22.7 Å². The fourth-order valence-electron chi connectivity index (χ4n) is 2.70. The molecule has 6 heteroatoms. The Morgan fingerprint density at radius 1 is 1.17 bits per heavy atom. The number of fused-ring (bicyclic) bond motifs is 3. The first-order valence-electron chi connectivity index (χ1n) is 7.53. The molecule has 24 heavy (non-hydrogen) atoms. The molecule has 0 aliphatic rings. The number of hydrogen-bond donors (Lipinski definition) is 2. The van der Waals surface area contributed by atoms with Crippen molar-refractivity contribution in [1.29, 1.82) is 0 Å². The number of benzene rings is 2. The van der Waals surface area contributed by atoms with Crippen LogP contribution < -0.4 is 15.6 Å². The molecule has 120 valence electrons. The third-order valence-corrected chi connectivity index (χ3v) is 3.83. The van der Waals surface area contributed by atoms with Gasteiger partial charge in [0.25, 0.3) is 5.56 Å². The number of methoxy groups -OCH3 is 1. The van der Waals surface area contributed by atoms with Crippen LogP contribution in [0.5, 0.6) is 5.75 Å². The molecule has 2 aromatic heterocycles. The van der Waals surface area contributed by atoms with Crippen molar-refractivity contribution < 1.29 is 9.15 Å². The normalized spacial score (nSPS) is 11.0. The molecule has 4 aromatic rings. The summed E-state index contributed by atoms with van der Waals surface area (Å²) in [6, 6.07) is 15.1. The summed E-state index contributed by atoms with van der Waals surface area (Å²) in [6.45, 7) is 0.366. The molecule has 0 saturated carbocycles. The molecule has 0 amide bonds. The smallest absolute Gasteiger partial charge is 0.294 e. The van der Waals surface area contributed by atoms with Gasteiger partial charge >= 0.3 is 0 Å². The van der Waals surface area contributed by atoms with Gasteiger partial charge in [-0.25, -0.2) is 4.98 Å². The minimum absolute atomic E-state index is 0.247. The number of aromatic amines is 1. The van der Waals surface area contributed by atoms with E-state index < -0.39 is 0 Å². The number of aromatic nitrogens is 2. The lowest BCUT2D eigenvalue weighted by Crippen LogP contribution is -2.14. The van der Waals surface area contributed by atoms with Gasteiger partial charge in [-0.3, -0.25) is 4.79 Å². The van der Waals surface area contributed by atoms with Gasteiger partial charge < -0.3 is 19.5 Å². The zero-order valence-electron chi connectivity index (χ0n) is 13.0. The van der Waals surface area contributed by atoms with E-state index in [0.717, 1.165) is 16.8 Å². The number of hydrogen-bond acceptors (Lipinski definition) is 5. The molecule has 0 aliphatic carbocycles. The van der Waals surface area contributed by atoms with Crippen LogP contribution in [0.1, 0.15) is 5.82 Å². The molecule has 0 fully saturated rings. The van der Waals surface area contributed by atoms with Crippen molar-refractivity contribution >= 4 is 27.8 Å². The van der Waals surface area contributed by atoms with Crippen LogP contribution in [0.25, 0.3) is 22.1 Å². The summed E-state index contributed by atoms with van der Waals surface area (Å²) < 4.78 is 10.9. The molecular weight excluding hydrogens is 306 g/mol. The van der Waals surface area contributed by atoms with E-state index in [0.29, 0.717) is 23.5 Å². The lowest BCUT2D eigenvalue weighted by Gasteiger charge is -2.10. The topological polar surface area (TPSA) is 80.2 Å². The molecule has 0 atom stereocenters. The third-order valence-electron chi connectivity index (χ3n) is 3.83. The SMILES string of the molecule is COc1ccccc1NCc1nc2c(oc3ccccc32)c(=O)[nH]1. The second-order valence-electron chi connectivity index (χ2n) is 5.34. The van der Waals surface area contributed by atoms with Gasteiger partial charge in [0.2, 0.25) is 5.58 Å². The second-order valence-corrected chi connectivity index (χ2v) is 5.34. The summed E-state index contributed by atoms with van der Waals surface area (Å²) in [4.78, 5) is 19.6. The van der Waals surface area contributed by atoms with Crippen LogP contribution in [0.3, 0.4) is 0 Å². The van der Waals surface area contributed by atoms with Crippen molar-refractivity contribution in [2.24, 2.45) is 0 Å². The molecule has 4 rings (SSSR count). The van der Waals surface area contributed by atoms with Gasteiger partial charge in [-0.1, -0.05) is 24.3 Å². The number of anilines is 1. The number of nitrogens with zero attached hydrogens (tertiary/aromatic N) is 1. The molecule has 2 N–H and O–H groups in total. The number of H-pyrrole nitrogens is 1. The molecule has 0 saturated heterocycles. The van der Waals surface area contributed by atoms with Crippen LogP contribution in [0.15, 0.2) is 57.7 Å². The van der Waals surface area contributed by atoms with Crippen LogP contribution in [-0.2, 0) is 6.54 Å². The van der Waals surface area contributed by atoms with Crippen LogP contribution in [0.4, 0.5) is 5.69 Å². The average molecular weight is 321 g/mol. The van der Waals surface area contributed by atoms with E-state index in [4.69, 9.17) is 9.15 Å². The highest BCUT2D eigenvalue weighted by atomic mass is 16.5. The third kappa shape index (κ3) is 2.38. The first-order chi connectivity index (χ1) is 11.8. The predicted octanol–water partition coefficient (Wildman–Crippen LogP) is 3.29. The number of nitrogens with one attached hydrogen (secondary N) is 2. The summed E-state index contributed by atoms with van der Waals surface area (Å²) in [5.41, 5.74) is 2.02. The number of furan rings is 1. The Kier molecular flexibility index (Phi) is 3.42. The molecule has 2 heterocycles. The summed E-state index contributed by atoms with van der Waals surface area (Å²) in [7, 11) is 1.62. The molecule has 0 bridgehead atoms. The Balaban J connectivity index is 1.72. The molecule has 2 aromatic carbocycles. The maximum Gasteiger partial charge on any atom is 0.294 e. The van der Waals surface area contributed by atoms with Crippen molar-refractivity contribution in [2.45, 2.75) is 6.54 Å². The average Bonchev–Trinajstić information content (AvgIpc) is 3.00. The molecule has 0 spiro atoms. The minimum atomic E-state index is -0.284. The summed E-state index contributed by atoms with van der Waals surface area (Å²) in [5.74, 6) is 1.26. The highest BCUT2D eigenvalue weighted by Crippen LogP contribution is 2.25. The van der Waals surface area contributed by atoms with Gasteiger partial charge in [0, 0.05) is 5.39 Å². The Morgan fingerprint density at radius 2 is 1.96 bits per heavy atom. The lowest BCUT2D eigenvalue weighted by molar-refractivity contribution is 0.416. The number of para-hydroxylation sites is 3. The molecule has 0 unspecified atom stereocenters. The van der Waals surface area contributed by atoms with E-state index in [1.807, 2.05) is 48.5 Å². The maximum atomic E-state index is 12.3. The quantitative estimate of drug-likeness (QED) is 0.603. The summed E-state index contributed by atoms with van der Waals surface area (Å²) in [6.07, 6.45) is 0. The lowest BCUT2D eigenvalue weighted by atomic mass is 10.2. The molecule has 0 aliphatic heterocycles. The van der Waals surface area contributed by atoms with Gasteiger partial charge in [-0.15, -0.1) is 0 Å². The van der Waals surface area contributed by atoms with E-state index in [2.05, 4.69) is 15.3 Å². The maximum absolute atomic E-state index is 12.3. The van der Waals surface area contributed by atoms with Gasteiger partial charge in [-0.05, 0) is 24.3 Å². The van der Waals surface area contributed by atoms with Crippen LogP contribution >= 0.6 is 0 Å². The molecule has 0 radical (unpaired) electrons. The minimum Gasteiger partial charge on any atom is -0.495 e. The largest absolute Gasteiger partial charge is 0.495 e. The van der Waals surface area contributed by atoms with Crippen molar-refractivity contribution in [2.75, 3.05) is 12.4 Å². The van der Waals surface area contributed by atoms with Gasteiger partial charge in [0.15, 0.2) is 0 Å². The fourth-order valence-corrected chi connectivity index (χ4v) is 2.70.